The number of hydroxylamine groups is 1. The molecule has 1 aromatic rings. The van der Waals surface area contributed by atoms with E-state index in [4.69, 9.17) is 4.99 Å². The molecule has 2 heterocycles. The standard InChI is InChI=1S/C26H36N4O5S/c1-18-4-7-22(8-5-18)24-27-25(32)26(28-24)11-13-30(14-12-26)36(33,34)15-10-21-9-6-20(16-19(21)2)17-23(31)29-35-3/h6,9-10,15-16,18,22H,4-5,7-8,11-14,17H2,1-3H3,(H,29,31)(H,27,28,32). The van der Waals surface area contributed by atoms with Gasteiger partial charge in [0.25, 0.3) is 5.91 Å². The molecule has 9 nitrogen and oxygen atoms in total. The van der Waals surface area contributed by atoms with Gasteiger partial charge >= 0.3 is 0 Å². The highest BCUT2D eigenvalue weighted by Gasteiger charge is 2.48. The van der Waals surface area contributed by atoms with Crippen LogP contribution >= 0.6 is 0 Å². The first-order chi connectivity index (χ1) is 17.1. The second-order valence-corrected chi connectivity index (χ2v) is 12.1. The summed E-state index contributed by atoms with van der Waals surface area (Å²) in [7, 11) is -2.27. The Bertz CT molecular complexity index is 1160. The minimum absolute atomic E-state index is 0.0846. The first kappa shape index (κ1) is 26.5. The lowest BCUT2D eigenvalue weighted by molar-refractivity contribution is -0.130. The van der Waals surface area contributed by atoms with Crippen LogP contribution in [0, 0.1) is 18.8 Å². The van der Waals surface area contributed by atoms with E-state index in [2.05, 4.69) is 22.6 Å². The van der Waals surface area contributed by atoms with Crippen LogP contribution < -0.4 is 10.8 Å². The van der Waals surface area contributed by atoms with Crippen molar-refractivity contribution in [2.24, 2.45) is 16.8 Å². The van der Waals surface area contributed by atoms with Crippen LogP contribution in [0.15, 0.2) is 28.6 Å². The summed E-state index contributed by atoms with van der Waals surface area (Å²) in [6, 6.07) is 5.45. The van der Waals surface area contributed by atoms with Crippen LogP contribution in [-0.4, -0.2) is 56.1 Å². The minimum Gasteiger partial charge on any atom is -0.312 e. The van der Waals surface area contributed by atoms with Gasteiger partial charge in [0, 0.05) is 24.4 Å². The molecule has 0 unspecified atom stereocenters. The number of benzene rings is 1. The molecule has 10 heteroatoms. The molecule has 0 aromatic heterocycles. The minimum atomic E-state index is -3.65. The van der Waals surface area contributed by atoms with Crippen LogP contribution in [0.4, 0.5) is 0 Å². The number of nitrogens with zero attached hydrogens (tertiary/aromatic N) is 2. The van der Waals surface area contributed by atoms with Gasteiger partial charge in [0.15, 0.2) is 0 Å². The summed E-state index contributed by atoms with van der Waals surface area (Å²) in [5.41, 5.74) is 3.87. The van der Waals surface area contributed by atoms with E-state index in [1.54, 1.807) is 18.2 Å². The maximum atomic E-state index is 13.0. The van der Waals surface area contributed by atoms with E-state index in [-0.39, 0.29) is 31.3 Å². The van der Waals surface area contributed by atoms with Crippen LogP contribution in [0.2, 0.25) is 0 Å². The third kappa shape index (κ3) is 5.87. The molecule has 2 amide bonds. The topological polar surface area (TPSA) is 117 Å². The van der Waals surface area contributed by atoms with Crippen LogP contribution in [0.3, 0.4) is 0 Å². The van der Waals surface area contributed by atoms with Crippen molar-refractivity contribution in [3.63, 3.8) is 0 Å². The summed E-state index contributed by atoms with van der Waals surface area (Å²) in [5.74, 6) is 1.49. The fourth-order valence-electron chi connectivity index (χ4n) is 5.33. The van der Waals surface area contributed by atoms with Crippen LogP contribution in [0.25, 0.3) is 6.08 Å². The summed E-state index contributed by atoms with van der Waals surface area (Å²) >= 11 is 0. The van der Waals surface area contributed by atoms with E-state index in [0.29, 0.717) is 18.8 Å². The molecule has 1 aliphatic carbocycles. The number of aliphatic imine (C=N–C) groups is 1. The van der Waals surface area contributed by atoms with Crippen molar-refractivity contribution in [1.82, 2.24) is 15.1 Å². The molecular formula is C26H36N4O5S. The second-order valence-electron chi connectivity index (χ2n) is 10.3. The fourth-order valence-corrected chi connectivity index (χ4v) is 6.52. The molecule has 1 saturated heterocycles. The number of carbonyl (C=O) groups is 2. The molecule has 2 fully saturated rings. The van der Waals surface area contributed by atoms with E-state index in [1.165, 1.54) is 16.8 Å². The van der Waals surface area contributed by atoms with Gasteiger partial charge in [-0.25, -0.2) is 13.9 Å². The monoisotopic (exact) mass is 516 g/mol. The number of sulfonamides is 1. The van der Waals surface area contributed by atoms with Gasteiger partial charge in [-0.1, -0.05) is 38.0 Å². The zero-order valence-corrected chi connectivity index (χ0v) is 22.1. The molecule has 3 aliphatic rings. The maximum absolute atomic E-state index is 13.0. The molecular weight excluding hydrogens is 480 g/mol. The van der Waals surface area contributed by atoms with Crippen molar-refractivity contribution in [2.75, 3.05) is 20.2 Å². The Morgan fingerprint density at radius 2 is 1.94 bits per heavy atom. The summed E-state index contributed by atoms with van der Waals surface area (Å²) in [6.45, 7) is 4.64. The fraction of sp³-hybridized carbons (Fsp3) is 0.577. The van der Waals surface area contributed by atoms with Gasteiger partial charge in [-0.2, -0.15) is 4.31 Å². The van der Waals surface area contributed by atoms with Gasteiger partial charge in [0.1, 0.15) is 11.4 Å². The molecule has 0 atom stereocenters. The number of nitrogens with one attached hydrogen (secondary N) is 2. The Balaban J connectivity index is 1.38. The first-order valence-electron chi connectivity index (χ1n) is 12.6. The van der Waals surface area contributed by atoms with Crippen molar-refractivity contribution in [1.29, 1.82) is 0 Å². The number of hydrogen-bond donors (Lipinski definition) is 2. The molecule has 196 valence electrons. The zero-order chi connectivity index (χ0) is 25.9. The highest BCUT2D eigenvalue weighted by molar-refractivity contribution is 7.92. The maximum Gasteiger partial charge on any atom is 0.253 e. The molecule has 0 radical (unpaired) electrons. The number of aryl methyl sites for hydroxylation is 1. The molecule has 2 aliphatic heterocycles. The summed E-state index contributed by atoms with van der Waals surface area (Å²) < 4.78 is 27.5. The highest BCUT2D eigenvalue weighted by atomic mass is 32.2. The lowest BCUT2D eigenvalue weighted by Crippen LogP contribution is -2.50. The van der Waals surface area contributed by atoms with Gasteiger partial charge in [0.2, 0.25) is 15.9 Å². The molecule has 1 aromatic carbocycles. The lowest BCUT2D eigenvalue weighted by atomic mass is 9.82. The predicted molar refractivity (Wildman–Crippen MR) is 138 cm³/mol. The van der Waals surface area contributed by atoms with E-state index in [9.17, 15) is 18.0 Å². The van der Waals surface area contributed by atoms with Crippen LogP contribution in [-0.2, 0) is 30.9 Å². The zero-order valence-electron chi connectivity index (χ0n) is 21.2. The number of carbonyl (C=O) groups excluding carboxylic acids is 2. The SMILES string of the molecule is CONC(=O)Cc1ccc(C=CS(=O)(=O)N2CCC3(CC2)N=C(C2CCC(C)CC2)NC3=O)c(C)c1. The van der Waals surface area contributed by atoms with Crippen molar-refractivity contribution in [3.8, 4) is 0 Å². The summed E-state index contributed by atoms with van der Waals surface area (Å²) in [5, 5.41) is 4.25. The predicted octanol–water partition coefficient (Wildman–Crippen LogP) is 2.70. The molecule has 1 spiro atoms. The average molecular weight is 517 g/mol. The number of hydrogen-bond acceptors (Lipinski definition) is 6. The number of amides is 2. The summed E-state index contributed by atoms with van der Waals surface area (Å²) in [6.07, 6.45) is 6.91. The average Bonchev–Trinajstić information content (AvgIpc) is 3.14. The van der Waals surface area contributed by atoms with Crippen molar-refractivity contribution in [2.45, 2.75) is 64.3 Å². The largest absolute Gasteiger partial charge is 0.312 e. The Morgan fingerprint density at radius 3 is 2.58 bits per heavy atom. The smallest absolute Gasteiger partial charge is 0.253 e. The van der Waals surface area contributed by atoms with Crippen molar-refractivity contribution in [3.05, 3.63) is 40.3 Å². The molecule has 36 heavy (non-hydrogen) atoms. The Morgan fingerprint density at radius 1 is 1.25 bits per heavy atom. The van der Waals surface area contributed by atoms with Crippen LogP contribution in [0.5, 0.6) is 0 Å². The third-order valence-corrected chi connectivity index (χ3v) is 9.21. The lowest BCUT2D eigenvalue weighted by Gasteiger charge is -2.34. The molecule has 0 bridgehead atoms. The molecule has 1 saturated carbocycles. The van der Waals surface area contributed by atoms with Crippen LogP contribution in [0.1, 0.15) is 62.1 Å². The number of piperidine rings is 1. The summed E-state index contributed by atoms with van der Waals surface area (Å²) in [4.78, 5) is 34.0. The van der Waals surface area contributed by atoms with E-state index in [0.717, 1.165) is 54.1 Å². The molecule has 2 N–H and O–H groups in total. The number of amidine groups is 1. The van der Waals surface area contributed by atoms with Crippen molar-refractivity contribution >= 4 is 33.7 Å². The van der Waals surface area contributed by atoms with Crippen molar-refractivity contribution < 1.29 is 22.8 Å². The van der Waals surface area contributed by atoms with Gasteiger partial charge in [-0.05, 0) is 61.3 Å². The Labute approximate surface area is 213 Å². The Hall–Kier alpha value is -2.56. The quantitative estimate of drug-likeness (QED) is 0.541. The van der Waals surface area contributed by atoms with E-state index >= 15 is 0 Å². The second kappa shape index (κ2) is 10.8. The Kier molecular flexibility index (Phi) is 7.96. The van der Waals surface area contributed by atoms with E-state index in [1.807, 2.05) is 13.0 Å². The normalized spacial score (nSPS) is 24.6. The highest BCUT2D eigenvalue weighted by Crippen LogP contribution is 2.36. The first-order valence-corrected chi connectivity index (χ1v) is 14.1. The number of rotatable bonds is 7. The van der Waals surface area contributed by atoms with Gasteiger partial charge < -0.3 is 5.32 Å². The van der Waals surface area contributed by atoms with E-state index < -0.39 is 15.6 Å². The van der Waals surface area contributed by atoms with Gasteiger partial charge in [0.05, 0.1) is 13.5 Å². The third-order valence-electron chi connectivity index (χ3n) is 7.65. The van der Waals surface area contributed by atoms with Gasteiger partial charge in [-0.15, -0.1) is 0 Å². The van der Waals surface area contributed by atoms with Gasteiger partial charge in [-0.3, -0.25) is 19.4 Å². The molecule has 4 rings (SSSR count).